The van der Waals surface area contributed by atoms with Gasteiger partial charge in [-0.3, -0.25) is 0 Å². The van der Waals surface area contributed by atoms with Crippen molar-refractivity contribution >= 4 is 0 Å². The van der Waals surface area contributed by atoms with Crippen LogP contribution in [0, 0.1) is 23.7 Å². The fourth-order valence-corrected chi connectivity index (χ4v) is 2.30. The number of rotatable bonds is 8. The van der Waals surface area contributed by atoms with Crippen LogP contribution in [0.2, 0.25) is 0 Å². The van der Waals surface area contributed by atoms with Crippen LogP contribution in [0.3, 0.4) is 0 Å². The Morgan fingerprint density at radius 3 is 1.56 bits per heavy atom. The third-order valence-corrected chi connectivity index (χ3v) is 3.15. The Bertz CT molecular complexity index is 161. The predicted octanol–water partition coefficient (Wildman–Crippen LogP) is 4.49. The van der Waals surface area contributed by atoms with Gasteiger partial charge in [-0.05, 0) is 42.9 Å². The monoisotopic (exact) mass is 228 g/mol. The molecule has 0 aliphatic heterocycles. The minimum atomic E-state index is -0.0962. The van der Waals surface area contributed by atoms with Crippen molar-refractivity contribution in [3.05, 3.63) is 0 Å². The van der Waals surface area contributed by atoms with Gasteiger partial charge in [0.05, 0.1) is 6.10 Å². The zero-order valence-corrected chi connectivity index (χ0v) is 12.2. The number of hydrogen-bond acceptors (Lipinski definition) is 1. The van der Waals surface area contributed by atoms with Gasteiger partial charge < -0.3 is 5.11 Å². The highest BCUT2D eigenvalue weighted by Crippen LogP contribution is 2.26. The molecule has 0 amide bonds. The van der Waals surface area contributed by atoms with Crippen molar-refractivity contribution in [1.29, 1.82) is 0 Å². The molecule has 0 aromatic rings. The molecule has 1 heteroatoms. The van der Waals surface area contributed by atoms with E-state index in [-0.39, 0.29) is 6.10 Å². The number of aliphatic hydroxyl groups is 1. The highest BCUT2D eigenvalue weighted by Gasteiger charge is 2.21. The van der Waals surface area contributed by atoms with E-state index in [2.05, 4.69) is 41.5 Å². The highest BCUT2D eigenvalue weighted by molar-refractivity contribution is 4.72. The molecule has 98 valence electrons. The van der Waals surface area contributed by atoms with Crippen molar-refractivity contribution in [1.82, 2.24) is 0 Å². The van der Waals surface area contributed by atoms with Crippen molar-refractivity contribution in [3.63, 3.8) is 0 Å². The lowest BCUT2D eigenvalue weighted by molar-refractivity contribution is 0.0678. The fraction of sp³-hybridized carbons (Fsp3) is 1.00. The molecule has 0 aromatic carbocycles. The van der Waals surface area contributed by atoms with Crippen molar-refractivity contribution < 1.29 is 5.11 Å². The molecule has 0 saturated heterocycles. The molecular formula is C15H32O. The van der Waals surface area contributed by atoms with Gasteiger partial charge in [-0.15, -0.1) is 0 Å². The zero-order valence-electron chi connectivity index (χ0n) is 12.2. The Hall–Kier alpha value is -0.0400. The Morgan fingerprint density at radius 2 is 1.19 bits per heavy atom. The predicted molar refractivity (Wildman–Crippen MR) is 72.5 cm³/mol. The summed E-state index contributed by atoms with van der Waals surface area (Å²) < 4.78 is 0. The van der Waals surface area contributed by atoms with E-state index in [0.717, 1.165) is 12.3 Å². The molecule has 1 nitrogen and oxygen atoms in total. The van der Waals surface area contributed by atoms with Crippen LogP contribution in [0.15, 0.2) is 0 Å². The first-order valence-corrected chi connectivity index (χ1v) is 7.01. The zero-order chi connectivity index (χ0) is 12.7. The SMILES string of the molecule is CC(C)CCC(CC(C)C)C(O)CC(C)C. The molecule has 0 saturated carbocycles. The van der Waals surface area contributed by atoms with E-state index in [9.17, 15) is 5.11 Å². The summed E-state index contributed by atoms with van der Waals surface area (Å²) in [5, 5.41) is 10.2. The molecule has 0 bridgehead atoms. The van der Waals surface area contributed by atoms with Gasteiger partial charge in [0.1, 0.15) is 0 Å². The van der Waals surface area contributed by atoms with Gasteiger partial charge >= 0.3 is 0 Å². The molecule has 0 fully saturated rings. The highest BCUT2D eigenvalue weighted by atomic mass is 16.3. The second-order valence-electron chi connectivity index (χ2n) is 6.56. The second-order valence-corrected chi connectivity index (χ2v) is 6.56. The second kappa shape index (κ2) is 8.11. The van der Waals surface area contributed by atoms with Crippen molar-refractivity contribution in [3.8, 4) is 0 Å². The van der Waals surface area contributed by atoms with Gasteiger partial charge in [-0.2, -0.15) is 0 Å². The van der Waals surface area contributed by atoms with Crippen LogP contribution in [0.25, 0.3) is 0 Å². The van der Waals surface area contributed by atoms with Crippen LogP contribution in [0.4, 0.5) is 0 Å². The Labute approximate surface area is 103 Å². The van der Waals surface area contributed by atoms with Crippen LogP contribution in [0.5, 0.6) is 0 Å². The quantitative estimate of drug-likeness (QED) is 0.649. The smallest absolute Gasteiger partial charge is 0.0570 e. The van der Waals surface area contributed by atoms with Crippen LogP contribution in [0.1, 0.15) is 67.2 Å². The maximum absolute atomic E-state index is 10.2. The van der Waals surface area contributed by atoms with Gasteiger partial charge in [0.15, 0.2) is 0 Å². The summed E-state index contributed by atoms with van der Waals surface area (Å²) in [6.07, 6.45) is 4.45. The summed E-state index contributed by atoms with van der Waals surface area (Å²) in [4.78, 5) is 0. The Kier molecular flexibility index (Phi) is 8.09. The lowest BCUT2D eigenvalue weighted by atomic mass is 9.83. The van der Waals surface area contributed by atoms with E-state index >= 15 is 0 Å². The molecule has 0 heterocycles. The van der Waals surface area contributed by atoms with Crippen molar-refractivity contribution in [2.45, 2.75) is 73.3 Å². The van der Waals surface area contributed by atoms with E-state index < -0.39 is 0 Å². The van der Waals surface area contributed by atoms with Crippen LogP contribution in [-0.2, 0) is 0 Å². The Morgan fingerprint density at radius 1 is 0.688 bits per heavy atom. The maximum Gasteiger partial charge on any atom is 0.0570 e. The first-order valence-electron chi connectivity index (χ1n) is 7.01. The van der Waals surface area contributed by atoms with Crippen LogP contribution in [-0.4, -0.2) is 11.2 Å². The van der Waals surface area contributed by atoms with E-state index in [1.165, 1.54) is 19.3 Å². The van der Waals surface area contributed by atoms with E-state index in [4.69, 9.17) is 0 Å². The Balaban J connectivity index is 4.17. The molecule has 2 unspecified atom stereocenters. The lowest BCUT2D eigenvalue weighted by Gasteiger charge is -2.26. The molecule has 1 N–H and O–H groups in total. The van der Waals surface area contributed by atoms with Gasteiger partial charge in [0, 0.05) is 0 Å². The molecule has 0 aliphatic carbocycles. The van der Waals surface area contributed by atoms with E-state index in [1.54, 1.807) is 0 Å². The van der Waals surface area contributed by atoms with Crippen LogP contribution < -0.4 is 0 Å². The molecule has 0 aliphatic rings. The van der Waals surface area contributed by atoms with Gasteiger partial charge in [-0.1, -0.05) is 48.0 Å². The summed E-state index contributed by atoms with van der Waals surface area (Å²) in [5.74, 6) is 2.55. The molecule has 0 aromatic heterocycles. The molecule has 2 atom stereocenters. The van der Waals surface area contributed by atoms with Gasteiger partial charge in [0.2, 0.25) is 0 Å². The number of hydrogen-bond donors (Lipinski definition) is 1. The molecule has 0 spiro atoms. The van der Waals surface area contributed by atoms with Crippen molar-refractivity contribution in [2.24, 2.45) is 23.7 Å². The fourth-order valence-electron chi connectivity index (χ4n) is 2.30. The van der Waals surface area contributed by atoms with Crippen molar-refractivity contribution in [2.75, 3.05) is 0 Å². The van der Waals surface area contributed by atoms with Gasteiger partial charge in [0.25, 0.3) is 0 Å². The normalized spacial score (nSPS) is 16.1. The van der Waals surface area contributed by atoms with Crippen LogP contribution >= 0.6 is 0 Å². The average molecular weight is 228 g/mol. The topological polar surface area (TPSA) is 20.2 Å². The van der Waals surface area contributed by atoms with E-state index in [1.807, 2.05) is 0 Å². The minimum absolute atomic E-state index is 0.0962. The largest absolute Gasteiger partial charge is 0.393 e. The lowest BCUT2D eigenvalue weighted by Crippen LogP contribution is -2.24. The summed E-state index contributed by atoms with van der Waals surface area (Å²) in [5.41, 5.74) is 0. The van der Waals surface area contributed by atoms with E-state index in [0.29, 0.717) is 17.8 Å². The first-order chi connectivity index (χ1) is 7.32. The molecule has 0 rings (SSSR count). The third-order valence-electron chi connectivity index (χ3n) is 3.15. The molecular weight excluding hydrogens is 196 g/mol. The standard InChI is InChI=1S/C15H32O/c1-11(2)7-8-14(9-12(3)4)15(16)10-13(5)6/h11-16H,7-10H2,1-6H3. The minimum Gasteiger partial charge on any atom is -0.393 e. The summed E-state index contributed by atoms with van der Waals surface area (Å²) in [6, 6.07) is 0. The summed E-state index contributed by atoms with van der Waals surface area (Å²) in [6.45, 7) is 13.4. The first kappa shape index (κ1) is 16.0. The molecule has 16 heavy (non-hydrogen) atoms. The maximum atomic E-state index is 10.2. The third kappa shape index (κ3) is 8.15. The molecule has 0 radical (unpaired) electrons. The van der Waals surface area contributed by atoms with Gasteiger partial charge in [-0.25, -0.2) is 0 Å². The average Bonchev–Trinajstić information content (AvgIpc) is 2.09. The number of aliphatic hydroxyl groups excluding tert-OH is 1. The summed E-state index contributed by atoms with van der Waals surface area (Å²) >= 11 is 0. The summed E-state index contributed by atoms with van der Waals surface area (Å²) in [7, 11) is 0.